The molecule has 1 aliphatic heterocycles. The molecule has 2 aromatic rings. The number of pyridine rings is 1. The predicted octanol–water partition coefficient (Wildman–Crippen LogP) is 1.79. The van der Waals surface area contributed by atoms with Crippen molar-refractivity contribution in [2.45, 2.75) is 37.8 Å². The van der Waals surface area contributed by atoms with Crippen molar-refractivity contribution in [3.63, 3.8) is 0 Å². The van der Waals surface area contributed by atoms with Crippen LogP contribution in [-0.4, -0.2) is 46.0 Å². The Balaban J connectivity index is 1.53. The van der Waals surface area contributed by atoms with Crippen molar-refractivity contribution < 1.29 is 14.7 Å². The highest BCUT2D eigenvalue weighted by atomic mass is 16.3. The number of nitrogens with one attached hydrogen (secondary N) is 1. The zero-order chi connectivity index (χ0) is 18.1. The first kappa shape index (κ1) is 17.0. The largest absolute Gasteiger partial charge is 0.393 e. The molecule has 1 aromatic heterocycles. The zero-order valence-corrected chi connectivity index (χ0v) is 14.6. The van der Waals surface area contributed by atoms with Crippen molar-refractivity contribution >= 4 is 22.7 Å². The lowest BCUT2D eigenvalue weighted by molar-refractivity contribution is -0.133. The smallest absolute Gasteiger partial charge is 0.240 e. The maximum Gasteiger partial charge on any atom is 0.240 e. The molecule has 1 aromatic carbocycles. The molecule has 2 aliphatic rings. The fourth-order valence-corrected chi connectivity index (χ4v) is 3.90. The summed E-state index contributed by atoms with van der Waals surface area (Å²) in [6.07, 6.45) is 4.19. The van der Waals surface area contributed by atoms with Gasteiger partial charge < -0.3 is 15.3 Å². The van der Waals surface area contributed by atoms with E-state index >= 15 is 0 Å². The number of para-hydroxylation sites is 1. The summed E-state index contributed by atoms with van der Waals surface area (Å²) in [6.45, 7) is 0.752. The number of nitrogens with zero attached hydrogens (tertiary/aromatic N) is 2. The molecule has 26 heavy (non-hydrogen) atoms. The molecule has 2 amide bonds. The molecule has 2 heterocycles. The minimum absolute atomic E-state index is 0.0446. The van der Waals surface area contributed by atoms with Crippen molar-refractivity contribution in [3.8, 4) is 0 Å². The third-order valence-corrected chi connectivity index (χ3v) is 5.41. The van der Waals surface area contributed by atoms with Gasteiger partial charge >= 0.3 is 0 Å². The average Bonchev–Trinajstić information content (AvgIpc) is 3.01. The van der Waals surface area contributed by atoms with E-state index < -0.39 is 0 Å². The minimum Gasteiger partial charge on any atom is -0.393 e. The molecule has 0 bridgehead atoms. The van der Waals surface area contributed by atoms with Crippen molar-refractivity contribution in [2.24, 2.45) is 5.92 Å². The monoisotopic (exact) mass is 353 g/mol. The molecule has 1 saturated heterocycles. The maximum atomic E-state index is 12.5. The number of amides is 2. The SMILES string of the molecule is O=C(CN1CCCC1=O)NC(c1cnc2ccccc2c1)C1CC(O)C1. The highest BCUT2D eigenvalue weighted by Crippen LogP contribution is 2.38. The lowest BCUT2D eigenvalue weighted by Gasteiger charge is -2.38. The molecule has 0 radical (unpaired) electrons. The van der Waals surface area contributed by atoms with Crippen LogP contribution in [0.2, 0.25) is 0 Å². The number of benzene rings is 1. The number of fused-ring (bicyclic) bond motifs is 1. The quantitative estimate of drug-likeness (QED) is 0.858. The summed E-state index contributed by atoms with van der Waals surface area (Å²) in [5, 5.41) is 13.8. The standard InChI is InChI=1S/C20H23N3O3/c24-16-9-14(10-16)20(22-18(25)12-23-7-3-6-19(23)26)15-8-13-4-1-2-5-17(13)21-11-15/h1-2,4-5,8,11,14,16,20,24H,3,6-7,9-10,12H2,(H,22,25). The van der Waals surface area contributed by atoms with Crippen molar-refractivity contribution in [1.29, 1.82) is 0 Å². The Morgan fingerprint density at radius 2 is 2.15 bits per heavy atom. The fraction of sp³-hybridized carbons (Fsp3) is 0.450. The van der Waals surface area contributed by atoms with E-state index in [1.54, 1.807) is 11.1 Å². The molecule has 1 saturated carbocycles. The topological polar surface area (TPSA) is 82.5 Å². The first-order valence-corrected chi connectivity index (χ1v) is 9.20. The molecule has 2 fully saturated rings. The van der Waals surface area contributed by atoms with Crippen LogP contribution in [0.4, 0.5) is 0 Å². The van der Waals surface area contributed by atoms with Crippen LogP contribution in [0.25, 0.3) is 10.9 Å². The second kappa shape index (κ2) is 7.03. The Labute approximate surface area is 152 Å². The number of carbonyl (C=O) groups excluding carboxylic acids is 2. The van der Waals surface area contributed by atoms with Gasteiger partial charge in [0.05, 0.1) is 24.2 Å². The average molecular weight is 353 g/mol. The van der Waals surface area contributed by atoms with Crippen LogP contribution in [0.5, 0.6) is 0 Å². The molecular weight excluding hydrogens is 330 g/mol. The van der Waals surface area contributed by atoms with E-state index in [0.717, 1.165) is 22.9 Å². The molecule has 136 valence electrons. The zero-order valence-electron chi connectivity index (χ0n) is 14.6. The lowest BCUT2D eigenvalue weighted by Crippen LogP contribution is -2.45. The first-order chi connectivity index (χ1) is 12.6. The molecule has 4 rings (SSSR count). The van der Waals surface area contributed by atoms with Crippen LogP contribution in [0.1, 0.15) is 37.3 Å². The van der Waals surface area contributed by atoms with E-state index in [1.165, 1.54) is 0 Å². The number of aliphatic hydroxyl groups is 1. The van der Waals surface area contributed by atoms with Gasteiger partial charge in [-0.15, -0.1) is 0 Å². The lowest BCUT2D eigenvalue weighted by atomic mass is 9.75. The van der Waals surface area contributed by atoms with Gasteiger partial charge in [0.15, 0.2) is 0 Å². The second-order valence-corrected chi connectivity index (χ2v) is 7.31. The van der Waals surface area contributed by atoms with Crippen LogP contribution in [0.15, 0.2) is 36.5 Å². The molecule has 1 aliphatic carbocycles. The molecule has 1 unspecified atom stereocenters. The molecule has 0 spiro atoms. The Bertz CT molecular complexity index is 832. The highest BCUT2D eigenvalue weighted by molar-refractivity contribution is 5.86. The van der Waals surface area contributed by atoms with Gasteiger partial charge in [0.1, 0.15) is 0 Å². The minimum atomic E-state index is -0.298. The van der Waals surface area contributed by atoms with Gasteiger partial charge in [-0.1, -0.05) is 18.2 Å². The van der Waals surface area contributed by atoms with Crippen LogP contribution < -0.4 is 5.32 Å². The van der Waals surface area contributed by atoms with Crippen molar-refractivity contribution in [2.75, 3.05) is 13.1 Å². The Hall–Kier alpha value is -2.47. The summed E-state index contributed by atoms with van der Waals surface area (Å²) in [5.41, 5.74) is 1.86. The van der Waals surface area contributed by atoms with Gasteiger partial charge in [0.2, 0.25) is 11.8 Å². The molecule has 6 nitrogen and oxygen atoms in total. The van der Waals surface area contributed by atoms with Crippen LogP contribution in [-0.2, 0) is 9.59 Å². The van der Waals surface area contributed by atoms with Gasteiger partial charge in [0.25, 0.3) is 0 Å². The van der Waals surface area contributed by atoms with E-state index in [-0.39, 0.29) is 36.4 Å². The predicted molar refractivity (Wildman–Crippen MR) is 97.2 cm³/mol. The number of hydrogen-bond acceptors (Lipinski definition) is 4. The number of aliphatic hydroxyl groups excluding tert-OH is 1. The Morgan fingerprint density at radius 3 is 2.88 bits per heavy atom. The van der Waals surface area contributed by atoms with E-state index in [2.05, 4.69) is 16.4 Å². The summed E-state index contributed by atoms with van der Waals surface area (Å²) < 4.78 is 0. The van der Waals surface area contributed by atoms with Crippen LogP contribution in [0, 0.1) is 5.92 Å². The number of aromatic nitrogens is 1. The highest BCUT2D eigenvalue weighted by Gasteiger charge is 2.36. The van der Waals surface area contributed by atoms with Crippen molar-refractivity contribution in [3.05, 3.63) is 42.1 Å². The Morgan fingerprint density at radius 1 is 1.35 bits per heavy atom. The van der Waals surface area contributed by atoms with E-state index in [9.17, 15) is 14.7 Å². The normalized spacial score (nSPS) is 23.7. The summed E-state index contributed by atoms with van der Waals surface area (Å²) in [4.78, 5) is 30.4. The van der Waals surface area contributed by atoms with E-state index in [1.807, 2.05) is 24.3 Å². The van der Waals surface area contributed by atoms with Gasteiger partial charge in [-0.3, -0.25) is 14.6 Å². The number of rotatable bonds is 5. The van der Waals surface area contributed by atoms with Gasteiger partial charge in [-0.25, -0.2) is 0 Å². The summed E-state index contributed by atoms with van der Waals surface area (Å²) in [5.74, 6) is 0.0779. The van der Waals surface area contributed by atoms with Crippen LogP contribution >= 0.6 is 0 Å². The van der Waals surface area contributed by atoms with E-state index in [4.69, 9.17) is 0 Å². The number of likely N-dealkylation sites (tertiary alicyclic amines) is 1. The fourth-order valence-electron chi connectivity index (χ4n) is 3.90. The molecule has 1 atom stereocenters. The van der Waals surface area contributed by atoms with Crippen LogP contribution in [0.3, 0.4) is 0 Å². The van der Waals surface area contributed by atoms with Gasteiger partial charge in [-0.2, -0.15) is 0 Å². The van der Waals surface area contributed by atoms with E-state index in [0.29, 0.717) is 25.8 Å². The summed E-state index contributed by atoms with van der Waals surface area (Å²) in [7, 11) is 0. The molecule has 6 heteroatoms. The van der Waals surface area contributed by atoms with Gasteiger partial charge in [0, 0.05) is 24.5 Å². The third-order valence-electron chi connectivity index (χ3n) is 5.41. The second-order valence-electron chi connectivity index (χ2n) is 7.31. The first-order valence-electron chi connectivity index (χ1n) is 9.20. The maximum absolute atomic E-state index is 12.5. The molecule has 2 N–H and O–H groups in total. The summed E-state index contributed by atoms with van der Waals surface area (Å²) >= 11 is 0. The van der Waals surface area contributed by atoms with Crippen molar-refractivity contribution in [1.82, 2.24) is 15.2 Å². The number of carbonyl (C=O) groups is 2. The summed E-state index contributed by atoms with van der Waals surface area (Å²) in [6, 6.07) is 9.73. The third kappa shape index (κ3) is 3.42. The Kier molecular flexibility index (Phi) is 4.59. The molecular formula is C20H23N3O3. The van der Waals surface area contributed by atoms with Gasteiger partial charge in [-0.05, 0) is 42.9 Å². The number of hydrogen-bond donors (Lipinski definition) is 2.